The van der Waals surface area contributed by atoms with Crippen LogP contribution in [0.1, 0.15) is 39.2 Å². The van der Waals surface area contributed by atoms with Crippen LogP contribution in [0.4, 0.5) is 11.4 Å². The second-order valence-electron chi connectivity index (χ2n) is 9.53. The molecule has 1 aliphatic rings. The highest BCUT2D eigenvalue weighted by molar-refractivity contribution is 6.10. The summed E-state index contributed by atoms with van der Waals surface area (Å²) in [5.41, 5.74) is 7.41. The van der Waals surface area contributed by atoms with Crippen LogP contribution in [-0.2, 0) is 12.8 Å². The molecule has 0 unspecified atom stereocenters. The van der Waals surface area contributed by atoms with Crippen molar-refractivity contribution in [1.29, 1.82) is 0 Å². The van der Waals surface area contributed by atoms with E-state index in [4.69, 9.17) is 4.98 Å². The van der Waals surface area contributed by atoms with Crippen molar-refractivity contribution in [3.63, 3.8) is 0 Å². The first-order valence-corrected chi connectivity index (χ1v) is 13.2. The number of fused-ring (bicyclic) bond motifs is 3. The summed E-state index contributed by atoms with van der Waals surface area (Å²) < 4.78 is 0. The number of anilines is 2. The van der Waals surface area contributed by atoms with Crippen molar-refractivity contribution in [2.75, 3.05) is 16.8 Å². The lowest BCUT2D eigenvalue weighted by atomic mass is 9.99. The minimum atomic E-state index is -0.199. The first kappa shape index (κ1) is 26.9. The molecule has 1 aliphatic heterocycles. The van der Waals surface area contributed by atoms with Gasteiger partial charge in [-0.1, -0.05) is 73.7 Å². The van der Waals surface area contributed by atoms with Crippen LogP contribution >= 0.6 is 12.4 Å². The number of hydrogen-bond donors (Lipinski definition) is 2. The standard InChI is InChI=1S/C33H28N4O2.ClH/c1-2-30-35-28-20-21-37(29-15-9-8-14-27(29)31(28)36-30)33(39)23-16-18-24(19-17-23)34-32(38)26-13-7-6-12-25(26)22-10-4-3-5-11-22;/h3-19H,2,20-21H2,1H3,(H,34,38)(H,35,36);1H. The molecule has 2 heterocycles. The normalized spacial score (nSPS) is 12.0. The molecule has 0 saturated heterocycles. The molecule has 2 amide bonds. The Kier molecular flexibility index (Phi) is 7.80. The topological polar surface area (TPSA) is 78.1 Å². The summed E-state index contributed by atoms with van der Waals surface area (Å²) in [7, 11) is 0. The van der Waals surface area contributed by atoms with Gasteiger partial charge in [0, 0.05) is 47.5 Å². The molecular weight excluding hydrogens is 520 g/mol. The summed E-state index contributed by atoms with van der Waals surface area (Å²) in [6, 6.07) is 32.4. The number of para-hydroxylation sites is 1. The second-order valence-corrected chi connectivity index (χ2v) is 9.53. The number of aromatic nitrogens is 2. The predicted molar refractivity (Wildman–Crippen MR) is 162 cm³/mol. The largest absolute Gasteiger partial charge is 0.345 e. The van der Waals surface area contributed by atoms with E-state index in [-0.39, 0.29) is 24.2 Å². The molecule has 2 N–H and O–H groups in total. The maximum absolute atomic E-state index is 13.7. The Morgan fingerprint density at radius 3 is 2.27 bits per heavy atom. The quantitative estimate of drug-likeness (QED) is 0.244. The van der Waals surface area contributed by atoms with Gasteiger partial charge in [0.25, 0.3) is 11.8 Å². The Balaban J connectivity index is 0.00000323. The number of H-pyrrole nitrogens is 1. The predicted octanol–water partition coefficient (Wildman–Crippen LogP) is 7.18. The van der Waals surface area contributed by atoms with Gasteiger partial charge >= 0.3 is 0 Å². The van der Waals surface area contributed by atoms with Crippen molar-refractivity contribution < 1.29 is 9.59 Å². The molecule has 0 spiro atoms. The number of imidazole rings is 1. The van der Waals surface area contributed by atoms with Crippen molar-refractivity contribution in [3.05, 3.63) is 126 Å². The van der Waals surface area contributed by atoms with Gasteiger partial charge in [0.15, 0.2) is 0 Å². The zero-order valence-corrected chi connectivity index (χ0v) is 22.9. The Morgan fingerprint density at radius 1 is 0.850 bits per heavy atom. The van der Waals surface area contributed by atoms with E-state index in [9.17, 15) is 9.59 Å². The van der Waals surface area contributed by atoms with Crippen molar-refractivity contribution in [1.82, 2.24) is 9.97 Å². The van der Waals surface area contributed by atoms with Gasteiger partial charge in [0.1, 0.15) is 5.82 Å². The van der Waals surface area contributed by atoms with Crippen molar-refractivity contribution in [3.8, 4) is 22.4 Å². The van der Waals surface area contributed by atoms with Crippen LogP contribution in [0.2, 0.25) is 0 Å². The number of halogens is 1. The molecule has 6 rings (SSSR count). The molecular formula is C33H29ClN4O2. The first-order valence-electron chi connectivity index (χ1n) is 13.2. The number of benzene rings is 4. The summed E-state index contributed by atoms with van der Waals surface area (Å²) in [5, 5.41) is 2.98. The van der Waals surface area contributed by atoms with Gasteiger partial charge in [-0.3, -0.25) is 9.59 Å². The lowest BCUT2D eigenvalue weighted by molar-refractivity contribution is 0.0986. The first-order chi connectivity index (χ1) is 19.1. The van der Waals surface area contributed by atoms with E-state index in [2.05, 4.69) is 17.2 Å². The van der Waals surface area contributed by atoms with Gasteiger partial charge in [0.05, 0.1) is 11.4 Å². The second kappa shape index (κ2) is 11.6. The van der Waals surface area contributed by atoms with Crippen molar-refractivity contribution >= 4 is 35.6 Å². The number of aromatic amines is 1. The van der Waals surface area contributed by atoms with Crippen molar-refractivity contribution in [2.45, 2.75) is 19.8 Å². The average molecular weight is 549 g/mol. The number of aryl methyl sites for hydroxylation is 1. The monoisotopic (exact) mass is 548 g/mol. The molecule has 6 nitrogen and oxygen atoms in total. The Morgan fingerprint density at radius 2 is 1.52 bits per heavy atom. The molecule has 0 bridgehead atoms. The van der Waals surface area contributed by atoms with Crippen LogP contribution < -0.4 is 10.2 Å². The highest BCUT2D eigenvalue weighted by Crippen LogP contribution is 2.36. The summed E-state index contributed by atoms with van der Waals surface area (Å²) in [5.74, 6) is 0.671. The number of carbonyl (C=O) groups is 2. The molecule has 0 fully saturated rings. The van der Waals surface area contributed by atoms with Gasteiger partial charge in [-0.05, 0) is 47.5 Å². The van der Waals surface area contributed by atoms with Gasteiger partial charge in [0.2, 0.25) is 0 Å². The van der Waals surface area contributed by atoms with E-state index < -0.39 is 0 Å². The van der Waals surface area contributed by atoms with Gasteiger partial charge in [-0.25, -0.2) is 4.98 Å². The lowest BCUT2D eigenvalue weighted by Gasteiger charge is -2.23. The summed E-state index contributed by atoms with van der Waals surface area (Å²) >= 11 is 0. The van der Waals surface area contributed by atoms with Gasteiger partial charge in [-0.2, -0.15) is 0 Å². The Labute approximate surface area is 239 Å². The fourth-order valence-corrected chi connectivity index (χ4v) is 5.10. The van der Waals surface area contributed by atoms with Crippen LogP contribution in [0, 0.1) is 0 Å². The molecule has 0 atom stereocenters. The molecule has 40 heavy (non-hydrogen) atoms. The summed E-state index contributed by atoms with van der Waals surface area (Å²) in [4.78, 5) is 36.9. The number of nitrogens with one attached hydrogen (secondary N) is 2. The Hall–Kier alpha value is -4.68. The number of carbonyl (C=O) groups excluding carboxylic acids is 2. The lowest BCUT2D eigenvalue weighted by Crippen LogP contribution is -2.32. The summed E-state index contributed by atoms with van der Waals surface area (Å²) in [6.45, 7) is 2.62. The van der Waals surface area contributed by atoms with E-state index in [1.165, 1.54) is 0 Å². The number of rotatable bonds is 5. The molecule has 0 radical (unpaired) electrons. The van der Waals surface area contributed by atoms with Crippen LogP contribution in [0.25, 0.3) is 22.4 Å². The van der Waals surface area contributed by atoms with Gasteiger partial charge < -0.3 is 15.2 Å². The smallest absolute Gasteiger partial charge is 0.258 e. The number of nitrogens with zero attached hydrogens (tertiary/aromatic N) is 2. The van der Waals surface area contributed by atoms with Crippen LogP contribution in [0.15, 0.2) is 103 Å². The fraction of sp³-hybridized carbons (Fsp3) is 0.121. The fourth-order valence-electron chi connectivity index (χ4n) is 5.10. The van der Waals surface area contributed by atoms with Crippen LogP contribution in [0.3, 0.4) is 0 Å². The van der Waals surface area contributed by atoms with Crippen LogP contribution in [0.5, 0.6) is 0 Å². The van der Waals surface area contributed by atoms with E-state index in [0.29, 0.717) is 29.8 Å². The zero-order chi connectivity index (χ0) is 26.8. The molecule has 7 heteroatoms. The maximum atomic E-state index is 13.7. The van der Waals surface area contributed by atoms with Crippen molar-refractivity contribution in [2.24, 2.45) is 0 Å². The summed E-state index contributed by atoms with van der Waals surface area (Å²) in [6.07, 6.45) is 1.52. The van der Waals surface area contributed by atoms with Crippen LogP contribution in [-0.4, -0.2) is 28.3 Å². The molecule has 5 aromatic rings. The van der Waals surface area contributed by atoms with E-state index in [0.717, 1.165) is 46.0 Å². The third-order valence-electron chi connectivity index (χ3n) is 7.09. The average Bonchev–Trinajstić information content (AvgIpc) is 3.35. The third kappa shape index (κ3) is 5.14. The van der Waals surface area contributed by atoms with E-state index in [1.807, 2.05) is 83.8 Å². The molecule has 0 aliphatic carbocycles. The Bertz CT molecular complexity index is 1660. The number of amides is 2. The number of hydrogen-bond acceptors (Lipinski definition) is 3. The van der Waals surface area contributed by atoms with E-state index in [1.54, 1.807) is 24.3 Å². The molecule has 4 aromatic carbocycles. The molecule has 1 aromatic heterocycles. The SMILES string of the molecule is CCc1nc2c([nH]1)CCN(C(=O)c1ccc(NC(=O)c3ccccc3-c3ccccc3)cc1)c1ccccc1-2.Cl. The minimum Gasteiger partial charge on any atom is -0.345 e. The highest BCUT2D eigenvalue weighted by atomic mass is 35.5. The minimum absolute atomic E-state index is 0. The highest BCUT2D eigenvalue weighted by Gasteiger charge is 2.27. The zero-order valence-electron chi connectivity index (χ0n) is 22.1. The molecule has 0 saturated carbocycles. The maximum Gasteiger partial charge on any atom is 0.258 e. The van der Waals surface area contributed by atoms with E-state index >= 15 is 0 Å². The van der Waals surface area contributed by atoms with Gasteiger partial charge in [-0.15, -0.1) is 12.4 Å². The third-order valence-corrected chi connectivity index (χ3v) is 7.09. The molecule has 200 valence electrons.